The first-order valence-corrected chi connectivity index (χ1v) is 8.09. The first-order chi connectivity index (χ1) is 10.9. The molecule has 6 heteroatoms. The summed E-state index contributed by atoms with van der Waals surface area (Å²) in [4.78, 5) is 14.6. The number of amides is 1. The minimum Gasteiger partial charge on any atom is -0.425 e. The molecule has 124 valence electrons. The Kier molecular flexibility index (Phi) is 5.77. The Labute approximate surface area is 141 Å². The molecule has 23 heavy (non-hydrogen) atoms. The van der Waals surface area contributed by atoms with Crippen LogP contribution in [0.5, 0.6) is 0 Å². The summed E-state index contributed by atoms with van der Waals surface area (Å²) in [5.74, 6) is 1.10. The van der Waals surface area contributed by atoms with Gasteiger partial charge in [-0.2, -0.15) is 0 Å². The van der Waals surface area contributed by atoms with Crippen LogP contribution in [0.4, 0.5) is 0 Å². The lowest BCUT2D eigenvalue weighted by atomic mass is 10.0. The highest BCUT2D eigenvalue weighted by atomic mass is 35.5. The van der Waals surface area contributed by atoms with E-state index in [0.29, 0.717) is 29.3 Å². The zero-order valence-electron chi connectivity index (χ0n) is 13.9. The van der Waals surface area contributed by atoms with Gasteiger partial charge in [0, 0.05) is 18.5 Å². The number of carbonyl (C=O) groups excluding carboxylic acids is 1. The van der Waals surface area contributed by atoms with Gasteiger partial charge in [0.1, 0.15) is 6.42 Å². The lowest BCUT2D eigenvalue weighted by Gasteiger charge is -2.31. The van der Waals surface area contributed by atoms with Gasteiger partial charge >= 0.3 is 0 Å². The molecule has 0 radical (unpaired) electrons. The van der Waals surface area contributed by atoms with Crippen molar-refractivity contribution in [1.29, 1.82) is 0 Å². The van der Waals surface area contributed by atoms with Gasteiger partial charge < -0.3 is 9.32 Å². The molecule has 2 aromatic rings. The zero-order valence-corrected chi connectivity index (χ0v) is 14.7. The summed E-state index contributed by atoms with van der Waals surface area (Å²) in [7, 11) is 0. The van der Waals surface area contributed by atoms with E-state index in [4.69, 9.17) is 16.0 Å². The third kappa shape index (κ3) is 4.55. The average Bonchev–Trinajstić information content (AvgIpc) is 2.89. The molecule has 0 aliphatic carbocycles. The Balaban J connectivity index is 2.22. The van der Waals surface area contributed by atoms with Crippen LogP contribution in [0.25, 0.3) is 0 Å². The van der Waals surface area contributed by atoms with Gasteiger partial charge in [0.2, 0.25) is 17.7 Å². The number of hydrogen-bond donors (Lipinski definition) is 0. The predicted octanol–water partition coefficient (Wildman–Crippen LogP) is 3.82. The summed E-state index contributed by atoms with van der Waals surface area (Å²) in [6.07, 6.45) is 0.0996. The summed E-state index contributed by atoms with van der Waals surface area (Å²) in [6.45, 7) is 8.49. The van der Waals surface area contributed by atoms with E-state index in [2.05, 4.69) is 24.0 Å². The second kappa shape index (κ2) is 7.59. The average molecular weight is 336 g/mol. The molecule has 0 unspecified atom stereocenters. The normalized spacial score (nSPS) is 12.4. The lowest BCUT2D eigenvalue weighted by Crippen LogP contribution is -2.37. The molecule has 1 aromatic heterocycles. The van der Waals surface area contributed by atoms with Crippen molar-refractivity contribution >= 4 is 17.5 Å². The number of aryl methyl sites for hydroxylation is 1. The number of carbonyl (C=O) groups is 1. The molecular formula is C17H22ClN3O2. The van der Waals surface area contributed by atoms with Gasteiger partial charge in [-0.3, -0.25) is 4.79 Å². The Morgan fingerprint density at radius 3 is 2.52 bits per heavy atom. The van der Waals surface area contributed by atoms with Gasteiger partial charge in [0.15, 0.2) is 0 Å². The minimum absolute atomic E-state index is 0.0465. The van der Waals surface area contributed by atoms with Crippen LogP contribution in [0, 0.1) is 12.8 Å². The number of nitrogens with zero attached hydrogens (tertiary/aromatic N) is 3. The van der Waals surface area contributed by atoms with Crippen LogP contribution in [0.1, 0.15) is 44.2 Å². The van der Waals surface area contributed by atoms with Crippen LogP contribution in [0.15, 0.2) is 28.7 Å². The van der Waals surface area contributed by atoms with Gasteiger partial charge in [-0.1, -0.05) is 43.6 Å². The van der Waals surface area contributed by atoms with Crippen molar-refractivity contribution in [1.82, 2.24) is 15.1 Å². The molecular weight excluding hydrogens is 314 g/mol. The largest absolute Gasteiger partial charge is 0.425 e. The second-order valence-electron chi connectivity index (χ2n) is 6.03. The predicted molar refractivity (Wildman–Crippen MR) is 89.2 cm³/mol. The molecule has 5 nitrogen and oxygen atoms in total. The van der Waals surface area contributed by atoms with E-state index in [-0.39, 0.29) is 18.4 Å². The summed E-state index contributed by atoms with van der Waals surface area (Å²) in [6, 6.07) is 7.48. The summed E-state index contributed by atoms with van der Waals surface area (Å²) in [5.41, 5.74) is 0.935. The van der Waals surface area contributed by atoms with E-state index >= 15 is 0 Å². The third-order valence-corrected chi connectivity index (χ3v) is 3.92. The Morgan fingerprint density at radius 2 is 1.96 bits per heavy atom. The quantitative estimate of drug-likeness (QED) is 0.805. The van der Waals surface area contributed by atoms with Crippen LogP contribution in [0.3, 0.4) is 0 Å². The van der Waals surface area contributed by atoms with Crippen molar-refractivity contribution in [3.63, 3.8) is 0 Å². The van der Waals surface area contributed by atoms with Gasteiger partial charge in [-0.25, -0.2) is 0 Å². The maximum atomic E-state index is 12.7. The topological polar surface area (TPSA) is 59.2 Å². The van der Waals surface area contributed by atoms with Crippen LogP contribution < -0.4 is 0 Å². The fourth-order valence-electron chi connectivity index (χ4n) is 2.49. The molecule has 1 heterocycles. The van der Waals surface area contributed by atoms with Crippen LogP contribution in [-0.4, -0.2) is 27.5 Å². The standard InChI is InChI=1S/C17H22ClN3O2/c1-11(2)10-21(12(3)14-7-5-6-8-15(14)18)17(22)9-16-20-19-13(4)23-16/h5-8,11-12H,9-10H2,1-4H3/t12-/m1/s1. The van der Waals surface area contributed by atoms with Crippen molar-refractivity contribution in [2.24, 2.45) is 5.92 Å². The Bertz CT molecular complexity index is 669. The molecule has 0 bridgehead atoms. The highest BCUT2D eigenvalue weighted by Crippen LogP contribution is 2.28. The first kappa shape index (κ1) is 17.5. The molecule has 0 fully saturated rings. The van der Waals surface area contributed by atoms with Crippen molar-refractivity contribution < 1.29 is 9.21 Å². The Hall–Kier alpha value is -1.88. The minimum atomic E-state index is -0.123. The highest BCUT2D eigenvalue weighted by molar-refractivity contribution is 6.31. The van der Waals surface area contributed by atoms with Gasteiger partial charge in [0.25, 0.3) is 0 Å². The van der Waals surface area contributed by atoms with Crippen molar-refractivity contribution in [2.45, 2.75) is 40.2 Å². The Morgan fingerprint density at radius 1 is 1.26 bits per heavy atom. The van der Waals surface area contributed by atoms with Crippen molar-refractivity contribution in [3.05, 3.63) is 46.6 Å². The van der Waals surface area contributed by atoms with Crippen LogP contribution >= 0.6 is 11.6 Å². The molecule has 0 aliphatic heterocycles. The maximum Gasteiger partial charge on any atom is 0.232 e. The molecule has 1 aromatic carbocycles. The fraction of sp³-hybridized carbons (Fsp3) is 0.471. The highest BCUT2D eigenvalue weighted by Gasteiger charge is 2.25. The van der Waals surface area contributed by atoms with Crippen LogP contribution in [-0.2, 0) is 11.2 Å². The van der Waals surface area contributed by atoms with E-state index < -0.39 is 0 Å². The van der Waals surface area contributed by atoms with Gasteiger partial charge in [-0.05, 0) is 24.5 Å². The van der Waals surface area contributed by atoms with E-state index in [9.17, 15) is 4.79 Å². The van der Waals surface area contributed by atoms with Crippen molar-refractivity contribution in [3.8, 4) is 0 Å². The summed E-state index contributed by atoms with van der Waals surface area (Å²) in [5, 5.41) is 8.34. The van der Waals surface area contributed by atoms with Gasteiger partial charge in [0.05, 0.1) is 6.04 Å². The molecule has 0 N–H and O–H groups in total. The molecule has 0 aliphatic rings. The maximum absolute atomic E-state index is 12.7. The van der Waals surface area contributed by atoms with Crippen molar-refractivity contribution in [2.75, 3.05) is 6.54 Å². The molecule has 0 spiro atoms. The van der Waals surface area contributed by atoms with E-state index in [1.54, 1.807) is 6.92 Å². The molecule has 1 amide bonds. The van der Waals surface area contributed by atoms with Crippen LogP contribution in [0.2, 0.25) is 5.02 Å². The number of aromatic nitrogens is 2. The second-order valence-corrected chi connectivity index (χ2v) is 6.44. The number of hydrogen-bond acceptors (Lipinski definition) is 4. The summed E-state index contributed by atoms with van der Waals surface area (Å²) >= 11 is 6.29. The zero-order chi connectivity index (χ0) is 17.0. The number of rotatable bonds is 6. The third-order valence-electron chi connectivity index (χ3n) is 3.58. The fourth-order valence-corrected chi connectivity index (χ4v) is 2.78. The molecule has 1 atom stereocenters. The molecule has 0 saturated carbocycles. The van der Waals surface area contributed by atoms with Gasteiger partial charge in [-0.15, -0.1) is 10.2 Å². The summed E-state index contributed by atoms with van der Waals surface area (Å²) < 4.78 is 5.32. The smallest absolute Gasteiger partial charge is 0.232 e. The molecule has 2 rings (SSSR count). The molecule has 0 saturated heterocycles. The van der Waals surface area contributed by atoms with E-state index in [1.807, 2.05) is 36.1 Å². The number of benzene rings is 1. The van der Waals surface area contributed by atoms with E-state index in [0.717, 1.165) is 5.56 Å². The SMILES string of the molecule is Cc1nnc(CC(=O)N(CC(C)C)[C@H](C)c2ccccc2Cl)o1. The monoisotopic (exact) mass is 335 g/mol. The van der Waals surface area contributed by atoms with E-state index in [1.165, 1.54) is 0 Å². The number of halogens is 1. The lowest BCUT2D eigenvalue weighted by molar-refractivity contribution is -0.133. The first-order valence-electron chi connectivity index (χ1n) is 7.71.